The van der Waals surface area contributed by atoms with Crippen LogP contribution in [-0.2, 0) is 9.78 Å². The van der Waals surface area contributed by atoms with Crippen LogP contribution in [0.2, 0.25) is 10.0 Å². The molecule has 4 nitrogen and oxygen atoms in total. The molecule has 132 valence electrons. The Kier molecular flexibility index (Phi) is 7.68. The summed E-state index contributed by atoms with van der Waals surface area (Å²) in [6, 6.07) is 23.7. The SMILES string of the molecule is Clc1cccc(Cl)c1.O=C(OOC(=O)c1ccccc1)c1ccccc1. The third-order valence-electron chi connectivity index (χ3n) is 3.00. The van der Waals surface area contributed by atoms with E-state index in [-0.39, 0.29) is 0 Å². The van der Waals surface area contributed by atoms with Gasteiger partial charge in [-0.25, -0.2) is 19.4 Å². The fourth-order valence-electron chi connectivity index (χ4n) is 1.78. The van der Waals surface area contributed by atoms with Crippen molar-refractivity contribution in [3.8, 4) is 0 Å². The van der Waals surface area contributed by atoms with Crippen molar-refractivity contribution in [2.75, 3.05) is 0 Å². The topological polar surface area (TPSA) is 52.6 Å². The fourth-order valence-corrected chi connectivity index (χ4v) is 2.22. The second-order valence-corrected chi connectivity index (χ2v) is 5.79. The van der Waals surface area contributed by atoms with Crippen molar-refractivity contribution in [1.82, 2.24) is 0 Å². The van der Waals surface area contributed by atoms with Gasteiger partial charge in [0.05, 0.1) is 11.1 Å². The van der Waals surface area contributed by atoms with E-state index in [1.807, 2.05) is 6.07 Å². The van der Waals surface area contributed by atoms with Crippen molar-refractivity contribution >= 4 is 35.1 Å². The number of hydrogen-bond acceptors (Lipinski definition) is 4. The molecular weight excluding hydrogens is 375 g/mol. The number of halogens is 2. The zero-order chi connectivity index (χ0) is 18.8. The fraction of sp³-hybridized carbons (Fsp3) is 0. The van der Waals surface area contributed by atoms with Gasteiger partial charge in [-0.15, -0.1) is 0 Å². The zero-order valence-electron chi connectivity index (χ0n) is 13.5. The Morgan fingerprint density at radius 2 is 0.962 bits per heavy atom. The maximum absolute atomic E-state index is 11.5. The summed E-state index contributed by atoms with van der Waals surface area (Å²) in [7, 11) is 0. The molecule has 0 fully saturated rings. The van der Waals surface area contributed by atoms with Crippen LogP contribution in [0.3, 0.4) is 0 Å². The average Bonchev–Trinajstić information content (AvgIpc) is 2.67. The van der Waals surface area contributed by atoms with Crippen molar-refractivity contribution < 1.29 is 19.4 Å². The molecule has 0 aromatic heterocycles. The van der Waals surface area contributed by atoms with Crippen LogP contribution in [0, 0.1) is 0 Å². The number of carbonyl (C=O) groups is 2. The van der Waals surface area contributed by atoms with Gasteiger partial charge in [0.1, 0.15) is 0 Å². The lowest BCUT2D eigenvalue weighted by Gasteiger charge is -2.02. The van der Waals surface area contributed by atoms with Crippen molar-refractivity contribution in [3.05, 3.63) is 106 Å². The van der Waals surface area contributed by atoms with Gasteiger partial charge in [-0.1, -0.05) is 65.7 Å². The second-order valence-electron chi connectivity index (χ2n) is 4.91. The molecule has 3 aromatic rings. The van der Waals surface area contributed by atoms with Crippen LogP contribution in [0.15, 0.2) is 84.9 Å². The Balaban J connectivity index is 0.000000254. The molecule has 0 aliphatic heterocycles. The summed E-state index contributed by atoms with van der Waals surface area (Å²) < 4.78 is 0. The Labute approximate surface area is 160 Å². The molecule has 0 saturated carbocycles. The minimum atomic E-state index is -0.708. The standard InChI is InChI=1S/C14H10O4.C6H4Cl2/c15-13(11-7-3-1-4-8-11)17-18-14(16)12-9-5-2-6-10-12;7-5-2-1-3-6(8)4-5/h1-10H;1-4H. The van der Waals surface area contributed by atoms with Crippen molar-refractivity contribution in [2.24, 2.45) is 0 Å². The molecule has 0 N–H and O–H groups in total. The molecule has 0 aliphatic carbocycles. The Morgan fingerprint density at radius 1 is 0.577 bits per heavy atom. The Bertz CT molecular complexity index is 783. The van der Waals surface area contributed by atoms with Crippen LogP contribution >= 0.6 is 23.2 Å². The molecular formula is C20H14Cl2O4. The van der Waals surface area contributed by atoms with Gasteiger partial charge in [-0.05, 0) is 42.5 Å². The molecule has 6 heteroatoms. The maximum Gasteiger partial charge on any atom is 0.386 e. The molecule has 0 radical (unpaired) electrons. The average molecular weight is 389 g/mol. The molecule has 0 atom stereocenters. The van der Waals surface area contributed by atoms with Gasteiger partial charge in [0.15, 0.2) is 0 Å². The third kappa shape index (κ3) is 6.59. The largest absolute Gasteiger partial charge is 0.386 e. The molecule has 0 amide bonds. The highest BCUT2D eigenvalue weighted by Crippen LogP contribution is 2.14. The third-order valence-corrected chi connectivity index (χ3v) is 3.47. The highest BCUT2D eigenvalue weighted by atomic mass is 35.5. The first-order valence-electron chi connectivity index (χ1n) is 7.50. The van der Waals surface area contributed by atoms with Crippen molar-refractivity contribution in [3.63, 3.8) is 0 Å². The van der Waals surface area contributed by atoms with Crippen LogP contribution in [-0.4, -0.2) is 11.9 Å². The predicted octanol–water partition coefficient (Wildman–Crippen LogP) is 5.61. The van der Waals surface area contributed by atoms with Gasteiger partial charge < -0.3 is 0 Å². The number of benzene rings is 3. The van der Waals surface area contributed by atoms with E-state index in [0.717, 1.165) is 0 Å². The zero-order valence-corrected chi connectivity index (χ0v) is 15.0. The van der Waals surface area contributed by atoms with E-state index in [0.29, 0.717) is 21.2 Å². The van der Waals surface area contributed by atoms with Gasteiger partial charge in [0.25, 0.3) is 0 Å². The van der Waals surface area contributed by atoms with E-state index in [1.165, 1.54) is 0 Å². The van der Waals surface area contributed by atoms with E-state index >= 15 is 0 Å². The molecule has 3 rings (SSSR count). The molecule has 3 aromatic carbocycles. The molecule has 0 bridgehead atoms. The predicted molar refractivity (Wildman–Crippen MR) is 100 cm³/mol. The van der Waals surface area contributed by atoms with E-state index in [1.54, 1.807) is 78.9 Å². The van der Waals surface area contributed by atoms with Crippen molar-refractivity contribution in [2.45, 2.75) is 0 Å². The first-order chi connectivity index (χ1) is 12.6. The molecule has 0 unspecified atom stereocenters. The minimum absolute atomic E-state index is 0.318. The Morgan fingerprint density at radius 3 is 1.27 bits per heavy atom. The lowest BCUT2D eigenvalue weighted by atomic mass is 10.2. The monoisotopic (exact) mass is 388 g/mol. The van der Waals surface area contributed by atoms with E-state index in [9.17, 15) is 9.59 Å². The van der Waals surface area contributed by atoms with E-state index in [2.05, 4.69) is 9.78 Å². The molecule has 0 heterocycles. The van der Waals surface area contributed by atoms with Crippen LogP contribution in [0.25, 0.3) is 0 Å². The van der Waals surface area contributed by atoms with Gasteiger partial charge in [0, 0.05) is 10.0 Å². The van der Waals surface area contributed by atoms with Gasteiger partial charge in [-0.3, -0.25) is 0 Å². The summed E-state index contributed by atoms with van der Waals surface area (Å²) in [5.74, 6) is -1.42. The lowest BCUT2D eigenvalue weighted by Crippen LogP contribution is -2.11. The first kappa shape index (κ1) is 19.5. The van der Waals surface area contributed by atoms with Gasteiger partial charge in [-0.2, -0.15) is 0 Å². The molecule has 0 spiro atoms. The van der Waals surface area contributed by atoms with Crippen LogP contribution in [0.1, 0.15) is 20.7 Å². The normalized spacial score (nSPS) is 9.46. The summed E-state index contributed by atoms with van der Waals surface area (Å²) in [5, 5.41) is 1.36. The maximum atomic E-state index is 11.5. The highest BCUT2D eigenvalue weighted by molar-refractivity contribution is 6.34. The quantitative estimate of drug-likeness (QED) is 0.422. The summed E-state index contributed by atoms with van der Waals surface area (Å²) in [6.45, 7) is 0. The van der Waals surface area contributed by atoms with E-state index in [4.69, 9.17) is 23.2 Å². The lowest BCUT2D eigenvalue weighted by molar-refractivity contribution is -0.187. The Hall–Kier alpha value is -2.82. The molecule has 26 heavy (non-hydrogen) atoms. The summed E-state index contributed by atoms with van der Waals surface area (Å²) >= 11 is 11.1. The number of carbonyl (C=O) groups excluding carboxylic acids is 2. The summed E-state index contributed by atoms with van der Waals surface area (Å²) in [6.07, 6.45) is 0. The molecule has 0 saturated heterocycles. The number of hydrogen-bond donors (Lipinski definition) is 0. The van der Waals surface area contributed by atoms with Gasteiger partial charge in [0.2, 0.25) is 0 Å². The molecule has 0 aliphatic rings. The van der Waals surface area contributed by atoms with Crippen molar-refractivity contribution in [1.29, 1.82) is 0 Å². The summed E-state index contributed by atoms with van der Waals surface area (Å²) in [4.78, 5) is 31.9. The minimum Gasteiger partial charge on any atom is -0.242 e. The smallest absolute Gasteiger partial charge is 0.242 e. The summed E-state index contributed by atoms with van der Waals surface area (Å²) in [5.41, 5.74) is 0.636. The second kappa shape index (κ2) is 10.2. The van der Waals surface area contributed by atoms with E-state index < -0.39 is 11.9 Å². The first-order valence-corrected chi connectivity index (χ1v) is 8.26. The number of rotatable bonds is 2. The van der Waals surface area contributed by atoms with Crippen LogP contribution in [0.4, 0.5) is 0 Å². The highest BCUT2D eigenvalue weighted by Gasteiger charge is 2.12. The van der Waals surface area contributed by atoms with Crippen LogP contribution in [0.5, 0.6) is 0 Å². The van der Waals surface area contributed by atoms with Gasteiger partial charge >= 0.3 is 11.9 Å². The van der Waals surface area contributed by atoms with Crippen LogP contribution < -0.4 is 0 Å².